The lowest BCUT2D eigenvalue weighted by atomic mass is 10.2. The number of aryl methyl sites for hydroxylation is 1. The second-order valence-corrected chi connectivity index (χ2v) is 7.81. The summed E-state index contributed by atoms with van der Waals surface area (Å²) < 4.78 is 12.7. The van der Waals surface area contributed by atoms with E-state index in [1.54, 1.807) is 11.8 Å². The van der Waals surface area contributed by atoms with E-state index in [0.29, 0.717) is 6.61 Å². The van der Waals surface area contributed by atoms with Crippen molar-refractivity contribution >= 4 is 23.1 Å². The third-order valence-electron chi connectivity index (χ3n) is 4.54. The van der Waals surface area contributed by atoms with Gasteiger partial charge in [0.2, 0.25) is 0 Å². The van der Waals surface area contributed by atoms with Crippen molar-refractivity contribution in [2.45, 2.75) is 51.8 Å². The maximum atomic E-state index is 13.0. The number of fused-ring (bicyclic) bond motifs is 1. The van der Waals surface area contributed by atoms with Crippen LogP contribution in [-0.4, -0.2) is 44.8 Å². The van der Waals surface area contributed by atoms with E-state index in [1.807, 2.05) is 68.8 Å². The molecule has 1 aliphatic rings. The summed E-state index contributed by atoms with van der Waals surface area (Å²) in [5, 5.41) is 0. The van der Waals surface area contributed by atoms with Crippen LogP contribution in [-0.2, 0) is 21.3 Å². The maximum absolute atomic E-state index is 13.0. The van der Waals surface area contributed by atoms with Crippen molar-refractivity contribution in [3.05, 3.63) is 42.2 Å². The molecule has 1 aromatic carbocycles. The largest absolute Gasteiger partial charge is 0.466 e. The van der Waals surface area contributed by atoms with Gasteiger partial charge in [0.05, 0.1) is 30.1 Å². The van der Waals surface area contributed by atoms with Crippen LogP contribution in [0, 0.1) is 0 Å². The van der Waals surface area contributed by atoms with E-state index in [0.717, 1.165) is 16.9 Å². The van der Waals surface area contributed by atoms with Crippen LogP contribution < -0.4 is 0 Å². The number of rotatable bonds is 4. The lowest BCUT2D eigenvalue weighted by Crippen LogP contribution is -2.43. The predicted molar refractivity (Wildman–Crippen MR) is 106 cm³/mol. The molecule has 2 aromatic rings. The predicted octanol–water partition coefficient (Wildman–Crippen LogP) is 3.74. The standard InChI is InChI=1S/C21H27N3O4/c1-6-27-18(25)13-14-11-12-17(24(14)20(26)28-21(2,3)4)19-22-15-9-7-8-10-16(15)23(19)5/h7-12,14,17H,6,13H2,1-5H3/t14-,17+/m0/s1. The fourth-order valence-electron chi connectivity index (χ4n) is 3.39. The Balaban J connectivity index is 1.96. The Morgan fingerprint density at radius 2 is 1.89 bits per heavy atom. The summed E-state index contributed by atoms with van der Waals surface area (Å²) in [6.45, 7) is 7.52. The van der Waals surface area contributed by atoms with Crippen molar-refractivity contribution in [1.82, 2.24) is 14.5 Å². The topological polar surface area (TPSA) is 73.7 Å². The number of imidazole rings is 1. The normalized spacial score (nSPS) is 19.2. The first kappa shape index (κ1) is 19.9. The van der Waals surface area contributed by atoms with E-state index in [2.05, 4.69) is 0 Å². The highest BCUT2D eigenvalue weighted by Crippen LogP contribution is 2.34. The van der Waals surface area contributed by atoms with Crippen molar-refractivity contribution < 1.29 is 19.1 Å². The van der Waals surface area contributed by atoms with Gasteiger partial charge in [0.25, 0.3) is 0 Å². The molecule has 150 valence electrons. The van der Waals surface area contributed by atoms with E-state index in [-0.39, 0.29) is 12.4 Å². The minimum absolute atomic E-state index is 0.0734. The summed E-state index contributed by atoms with van der Waals surface area (Å²) in [6, 6.07) is 6.93. The Kier molecular flexibility index (Phi) is 5.45. The van der Waals surface area contributed by atoms with E-state index >= 15 is 0 Å². The molecule has 0 unspecified atom stereocenters. The van der Waals surface area contributed by atoms with Crippen LogP contribution >= 0.6 is 0 Å². The van der Waals surface area contributed by atoms with Crippen LogP contribution in [0.1, 0.15) is 46.0 Å². The average molecular weight is 385 g/mol. The number of carbonyl (C=O) groups excluding carboxylic acids is 2. The molecule has 0 spiro atoms. The summed E-state index contributed by atoms with van der Waals surface area (Å²) >= 11 is 0. The Morgan fingerprint density at radius 1 is 1.18 bits per heavy atom. The van der Waals surface area contributed by atoms with Crippen LogP contribution in [0.5, 0.6) is 0 Å². The first-order chi connectivity index (χ1) is 13.2. The van der Waals surface area contributed by atoms with Crippen molar-refractivity contribution in [3.63, 3.8) is 0 Å². The molecule has 2 atom stereocenters. The Bertz CT molecular complexity index is 910. The Labute approximate surface area is 164 Å². The smallest absolute Gasteiger partial charge is 0.411 e. The zero-order chi connectivity index (χ0) is 20.5. The number of hydrogen-bond acceptors (Lipinski definition) is 5. The van der Waals surface area contributed by atoms with Crippen molar-refractivity contribution in [2.75, 3.05) is 6.61 Å². The van der Waals surface area contributed by atoms with Crippen LogP contribution in [0.4, 0.5) is 4.79 Å². The summed E-state index contributed by atoms with van der Waals surface area (Å²) in [5.74, 6) is 0.367. The summed E-state index contributed by atoms with van der Waals surface area (Å²) in [5.41, 5.74) is 1.18. The number of amides is 1. The van der Waals surface area contributed by atoms with Crippen molar-refractivity contribution in [2.24, 2.45) is 7.05 Å². The van der Waals surface area contributed by atoms with Gasteiger partial charge >= 0.3 is 12.1 Å². The second kappa shape index (κ2) is 7.66. The van der Waals surface area contributed by atoms with Gasteiger partial charge in [-0.1, -0.05) is 24.3 Å². The molecule has 1 aromatic heterocycles. The summed E-state index contributed by atoms with van der Waals surface area (Å²) in [6.07, 6.45) is 3.34. The minimum atomic E-state index is -0.648. The first-order valence-electron chi connectivity index (χ1n) is 9.48. The monoisotopic (exact) mass is 385 g/mol. The molecule has 7 nitrogen and oxygen atoms in total. The molecule has 0 radical (unpaired) electrons. The zero-order valence-corrected chi connectivity index (χ0v) is 17.0. The Hall–Kier alpha value is -2.83. The summed E-state index contributed by atoms with van der Waals surface area (Å²) in [7, 11) is 1.92. The van der Waals surface area contributed by atoms with Gasteiger partial charge in [0, 0.05) is 7.05 Å². The van der Waals surface area contributed by atoms with Crippen LogP contribution in [0.3, 0.4) is 0 Å². The molecule has 7 heteroatoms. The zero-order valence-electron chi connectivity index (χ0n) is 17.0. The second-order valence-electron chi connectivity index (χ2n) is 7.81. The third-order valence-corrected chi connectivity index (χ3v) is 4.54. The molecule has 3 rings (SSSR count). The Morgan fingerprint density at radius 3 is 2.54 bits per heavy atom. The number of carbonyl (C=O) groups is 2. The molecule has 0 bridgehead atoms. The van der Waals surface area contributed by atoms with Crippen molar-refractivity contribution in [1.29, 1.82) is 0 Å². The van der Waals surface area contributed by atoms with Crippen LogP contribution in [0.15, 0.2) is 36.4 Å². The number of aromatic nitrogens is 2. The molecule has 0 aliphatic carbocycles. The van der Waals surface area contributed by atoms with Crippen LogP contribution in [0.2, 0.25) is 0 Å². The van der Waals surface area contributed by atoms with Gasteiger partial charge in [0.15, 0.2) is 0 Å². The molecule has 0 fully saturated rings. The van der Waals surface area contributed by atoms with Gasteiger partial charge < -0.3 is 14.0 Å². The quantitative estimate of drug-likeness (QED) is 0.592. The lowest BCUT2D eigenvalue weighted by molar-refractivity contribution is -0.144. The fourth-order valence-corrected chi connectivity index (χ4v) is 3.39. The first-order valence-corrected chi connectivity index (χ1v) is 9.48. The fraction of sp³-hybridized carbons (Fsp3) is 0.476. The molecule has 1 aliphatic heterocycles. The SMILES string of the molecule is CCOC(=O)C[C@@H]1C=C[C@H](c2nc3ccccc3n2C)N1C(=O)OC(C)(C)C. The number of esters is 1. The molecular weight excluding hydrogens is 358 g/mol. The maximum Gasteiger partial charge on any atom is 0.411 e. The molecular formula is C21H27N3O4. The van der Waals surface area contributed by atoms with Gasteiger partial charge in [-0.15, -0.1) is 0 Å². The van der Waals surface area contributed by atoms with E-state index in [4.69, 9.17) is 14.5 Å². The minimum Gasteiger partial charge on any atom is -0.466 e. The molecule has 2 heterocycles. The average Bonchev–Trinajstić information content (AvgIpc) is 3.15. The van der Waals surface area contributed by atoms with Gasteiger partial charge in [0.1, 0.15) is 17.5 Å². The van der Waals surface area contributed by atoms with Gasteiger partial charge in [-0.2, -0.15) is 0 Å². The molecule has 0 saturated heterocycles. The number of ether oxygens (including phenoxy) is 2. The third kappa shape index (κ3) is 4.03. The molecule has 28 heavy (non-hydrogen) atoms. The van der Waals surface area contributed by atoms with Crippen molar-refractivity contribution in [3.8, 4) is 0 Å². The van der Waals surface area contributed by atoms with E-state index < -0.39 is 23.8 Å². The molecule has 0 saturated carbocycles. The summed E-state index contributed by atoms with van der Waals surface area (Å²) in [4.78, 5) is 31.3. The van der Waals surface area contributed by atoms with Gasteiger partial charge in [-0.05, 0) is 39.8 Å². The number of para-hydroxylation sites is 2. The highest BCUT2D eigenvalue weighted by atomic mass is 16.6. The highest BCUT2D eigenvalue weighted by molar-refractivity contribution is 5.77. The van der Waals surface area contributed by atoms with E-state index in [1.165, 1.54) is 0 Å². The molecule has 1 amide bonds. The lowest BCUT2D eigenvalue weighted by Gasteiger charge is -2.32. The molecule has 0 N–H and O–H groups in total. The number of hydrogen-bond donors (Lipinski definition) is 0. The number of benzene rings is 1. The van der Waals surface area contributed by atoms with Gasteiger partial charge in [-0.3, -0.25) is 9.69 Å². The van der Waals surface area contributed by atoms with Gasteiger partial charge in [-0.25, -0.2) is 9.78 Å². The number of nitrogens with zero attached hydrogens (tertiary/aromatic N) is 3. The van der Waals surface area contributed by atoms with Crippen LogP contribution in [0.25, 0.3) is 11.0 Å². The van der Waals surface area contributed by atoms with E-state index in [9.17, 15) is 9.59 Å². The highest BCUT2D eigenvalue weighted by Gasteiger charge is 2.39.